The molecule has 0 fully saturated rings. The molecule has 4 nitrogen and oxygen atoms in total. The van der Waals surface area contributed by atoms with Crippen LogP contribution in [-0.2, 0) is 17.9 Å². The minimum atomic E-state index is 0.0406. The molecule has 0 radical (unpaired) electrons. The van der Waals surface area contributed by atoms with Crippen LogP contribution in [0.5, 0.6) is 5.75 Å². The standard InChI is InChI=1S/C21H27ClN2O2/c1-16-13-19(22)10-11-20(16)26-12-4-5-21(25)23-14-17-6-8-18(9-7-17)15-24(2)3/h6-11,13H,4-5,12,14-15H2,1-3H3,(H,23,25). The maximum absolute atomic E-state index is 12.0. The number of halogens is 1. The summed E-state index contributed by atoms with van der Waals surface area (Å²) in [6.45, 7) is 3.94. The summed E-state index contributed by atoms with van der Waals surface area (Å²) in [5, 5.41) is 3.65. The first kappa shape index (κ1) is 20.3. The topological polar surface area (TPSA) is 41.6 Å². The predicted octanol–water partition coefficient (Wildman–Crippen LogP) is 4.19. The Hall–Kier alpha value is -2.04. The smallest absolute Gasteiger partial charge is 0.220 e. The number of amides is 1. The lowest BCUT2D eigenvalue weighted by Gasteiger charge is -2.11. The molecule has 0 heterocycles. The van der Waals surface area contributed by atoms with Crippen LogP contribution in [0.15, 0.2) is 42.5 Å². The summed E-state index contributed by atoms with van der Waals surface area (Å²) >= 11 is 5.93. The second-order valence-electron chi connectivity index (χ2n) is 6.69. The summed E-state index contributed by atoms with van der Waals surface area (Å²) in [5.74, 6) is 0.853. The van der Waals surface area contributed by atoms with Crippen molar-refractivity contribution >= 4 is 17.5 Å². The Kier molecular flexibility index (Phi) is 7.95. The van der Waals surface area contributed by atoms with Gasteiger partial charge >= 0.3 is 0 Å². The lowest BCUT2D eigenvalue weighted by molar-refractivity contribution is -0.121. The maximum Gasteiger partial charge on any atom is 0.220 e. The Bertz CT molecular complexity index is 714. The Morgan fingerprint density at radius 3 is 2.46 bits per heavy atom. The number of benzene rings is 2. The molecule has 140 valence electrons. The van der Waals surface area contributed by atoms with E-state index in [9.17, 15) is 4.79 Å². The zero-order valence-corrected chi connectivity index (χ0v) is 16.5. The van der Waals surface area contributed by atoms with Crippen LogP contribution in [0.25, 0.3) is 0 Å². The van der Waals surface area contributed by atoms with Gasteiger partial charge in [-0.2, -0.15) is 0 Å². The summed E-state index contributed by atoms with van der Waals surface area (Å²) in [7, 11) is 4.10. The highest BCUT2D eigenvalue weighted by Gasteiger charge is 2.04. The largest absolute Gasteiger partial charge is 0.493 e. The molecule has 0 saturated carbocycles. The van der Waals surface area contributed by atoms with Crippen molar-refractivity contribution in [1.82, 2.24) is 10.2 Å². The molecule has 0 saturated heterocycles. The minimum Gasteiger partial charge on any atom is -0.493 e. The van der Waals surface area contributed by atoms with Crippen LogP contribution in [-0.4, -0.2) is 31.5 Å². The third-order valence-corrected chi connectivity index (χ3v) is 4.19. The number of ether oxygens (including phenoxy) is 1. The van der Waals surface area contributed by atoms with Crippen molar-refractivity contribution in [1.29, 1.82) is 0 Å². The predicted molar refractivity (Wildman–Crippen MR) is 107 cm³/mol. The molecule has 1 amide bonds. The van der Waals surface area contributed by atoms with Gasteiger partial charge in [-0.3, -0.25) is 4.79 Å². The van der Waals surface area contributed by atoms with Gasteiger partial charge in [-0.15, -0.1) is 0 Å². The van der Waals surface area contributed by atoms with E-state index in [2.05, 4.69) is 34.5 Å². The minimum absolute atomic E-state index is 0.0406. The van der Waals surface area contributed by atoms with Gasteiger partial charge in [0, 0.05) is 24.5 Å². The van der Waals surface area contributed by atoms with E-state index in [0.29, 0.717) is 31.0 Å². The summed E-state index contributed by atoms with van der Waals surface area (Å²) < 4.78 is 5.71. The molecular formula is C21H27ClN2O2. The fourth-order valence-electron chi connectivity index (χ4n) is 2.61. The van der Waals surface area contributed by atoms with Crippen molar-refractivity contribution in [3.05, 3.63) is 64.2 Å². The maximum atomic E-state index is 12.0. The molecule has 0 spiro atoms. The number of nitrogens with zero attached hydrogens (tertiary/aromatic N) is 1. The van der Waals surface area contributed by atoms with E-state index in [0.717, 1.165) is 23.4 Å². The lowest BCUT2D eigenvalue weighted by Crippen LogP contribution is -2.23. The van der Waals surface area contributed by atoms with Crippen molar-refractivity contribution in [3.63, 3.8) is 0 Å². The molecule has 1 N–H and O–H groups in total. The summed E-state index contributed by atoms with van der Waals surface area (Å²) in [5.41, 5.74) is 3.37. The molecule has 2 aromatic carbocycles. The van der Waals surface area contributed by atoms with E-state index >= 15 is 0 Å². The average Bonchev–Trinajstić information content (AvgIpc) is 2.59. The first-order valence-corrected chi connectivity index (χ1v) is 9.20. The molecule has 0 aliphatic heterocycles. The van der Waals surface area contributed by atoms with Crippen LogP contribution < -0.4 is 10.1 Å². The molecule has 0 bridgehead atoms. The summed E-state index contributed by atoms with van der Waals surface area (Å²) in [6.07, 6.45) is 1.13. The number of hydrogen-bond acceptors (Lipinski definition) is 3. The molecule has 2 rings (SSSR count). The van der Waals surface area contributed by atoms with Crippen molar-refractivity contribution in [2.45, 2.75) is 32.9 Å². The normalized spacial score (nSPS) is 10.8. The zero-order valence-electron chi connectivity index (χ0n) is 15.7. The molecule has 26 heavy (non-hydrogen) atoms. The molecule has 0 aliphatic carbocycles. The lowest BCUT2D eigenvalue weighted by atomic mass is 10.1. The SMILES string of the molecule is Cc1cc(Cl)ccc1OCCCC(=O)NCc1ccc(CN(C)C)cc1. The highest BCUT2D eigenvalue weighted by Crippen LogP contribution is 2.21. The van der Waals surface area contributed by atoms with Gasteiger partial charge in [0.25, 0.3) is 0 Å². The van der Waals surface area contributed by atoms with Gasteiger partial charge < -0.3 is 15.0 Å². The number of hydrogen-bond donors (Lipinski definition) is 1. The first-order valence-electron chi connectivity index (χ1n) is 8.82. The molecule has 0 atom stereocenters. The van der Waals surface area contributed by atoms with Crippen LogP contribution in [0.1, 0.15) is 29.5 Å². The van der Waals surface area contributed by atoms with Gasteiger partial charge in [-0.25, -0.2) is 0 Å². The van der Waals surface area contributed by atoms with Gasteiger partial charge in [0.15, 0.2) is 0 Å². The fourth-order valence-corrected chi connectivity index (χ4v) is 2.83. The van der Waals surface area contributed by atoms with E-state index in [1.807, 2.05) is 33.2 Å². The Morgan fingerprint density at radius 1 is 1.12 bits per heavy atom. The van der Waals surface area contributed by atoms with Crippen LogP contribution in [0.3, 0.4) is 0 Å². The molecule has 0 unspecified atom stereocenters. The van der Waals surface area contributed by atoms with Gasteiger partial charge in [0.05, 0.1) is 6.61 Å². The first-order chi connectivity index (χ1) is 12.4. The van der Waals surface area contributed by atoms with E-state index < -0.39 is 0 Å². The van der Waals surface area contributed by atoms with Gasteiger partial charge in [-0.05, 0) is 62.3 Å². The van der Waals surface area contributed by atoms with E-state index in [1.165, 1.54) is 5.56 Å². The van der Waals surface area contributed by atoms with Gasteiger partial charge in [-0.1, -0.05) is 35.9 Å². The van der Waals surface area contributed by atoms with Crippen molar-refractivity contribution in [2.75, 3.05) is 20.7 Å². The van der Waals surface area contributed by atoms with Gasteiger partial charge in [0.1, 0.15) is 5.75 Å². The average molecular weight is 375 g/mol. The van der Waals surface area contributed by atoms with Crippen LogP contribution in [0.2, 0.25) is 5.02 Å². The summed E-state index contributed by atoms with van der Waals surface area (Å²) in [6, 6.07) is 13.9. The van der Waals surface area contributed by atoms with Gasteiger partial charge in [0.2, 0.25) is 5.91 Å². The molecule has 0 aromatic heterocycles. The van der Waals surface area contributed by atoms with Crippen LogP contribution >= 0.6 is 11.6 Å². The highest BCUT2D eigenvalue weighted by atomic mass is 35.5. The van der Waals surface area contributed by atoms with E-state index in [-0.39, 0.29) is 5.91 Å². The van der Waals surface area contributed by atoms with Crippen molar-refractivity contribution < 1.29 is 9.53 Å². The Morgan fingerprint density at radius 2 is 1.81 bits per heavy atom. The number of nitrogens with one attached hydrogen (secondary N) is 1. The van der Waals surface area contributed by atoms with Crippen LogP contribution in [0.4, 0.5) is 0 Å². The van der Waals surface area contributed by atoms with Crippen molar-refractivity contribution in [2.24, 2.45) is 0 Å². The Balaban J connectivity index is 1.65. The second-order valence-corrected chi connectivity index (χ2v) is 7.13. The van der Waals surface area contributed by atoms with Crippen molar-refractivity contribution in [3.8, 4) is 5.75 Å². The summed E-state index contributed by atoms with van der Waals surface area (Å²) in [4.78, 5) is 14.1. The quantitative estimate of drug-likeness (QED) is 0.669. The third-order valence-electron chi connectivity index (χ3n) is 3.95. The second kappa shape index (κ2) is 10.2. The zero-order chi connectivity index (χ0) is 18.9. The van der Waals surface area contributed by atoms with E-state index in [4.69, 9.17) is 16.3 Å². The number of carbonyl (C=O) groups excluding carboxylic acids is 1. The number of carbonyl (C=O) groups is 1. The Labute approximate surface area is 161 Å². The molecule has 5 heteroatoms. The highest BCUT2D eigenvalue weighted by molar-refractivity contribution is 6.30. The molecule has 2 aromatic rings. The molecule has 0 aliphatic rings. The number of rotatable bonds is 9. The number of aryl methyl sites for hydroxylation is 1. The van der Waals surface area contributed by atoms with E-state index in [1.54, 1.807) is 6.07 Å². The molecular weight excluding hydrogens is 348 g/mol. The fraction of sp³-hybridized carbons (Fsp3) is 0.381. The van der Waals surface area contributed by atoms with Crippen LogP contribution in [0, 0.1) is 6.92 Å². The monoisotopic (exact) mass is 374 g/mol. The third kappa shape index (κ3) is 7.06.